The van der Waals surface area contributed by atoms with Crippen LogP contribution in [0.25, 0.3) is 0 Å². The Morgan fingerprint density at radius 2 is 2.12 bits per heavy atom. The fourth-order valence-electron chi connectivity index (χ4n) is 1.76. The molecule has 17 heavy (non-hydrogen) atoms. The highest BCUT2D eigenvalue weighted by Crippen LogP contribution is 2.23. The molecular formula is C13H15N3O. The summed E-state index contributed by atoms with van der Waals surface area (Å²) >= 11 is 0. The highest BCUT2D eigenvalue weighted by molar-refractivity contribution is 6.29. The molecular weight excluding hydrogens is 214 g/mol. The van der Waals surface area contributed by atoms with Gasteiger partial charge in [0.2, 0.25) is 0 Å². The third-order valence-electron chi connectivity index (χ3n) is 2.60. The third-order valence-corrected chi connectivity index (χ3v) is 2.60. The van der Waals surface area contributed by atoms with Gasteiger partial charge < -0.3 is 5.32 Å². The molecule has 1 aliphatic rings. The number of carbonyl (C=O) groups excluding carboxylic acids is 1. The number of aryl methyl sites for hydroxylation is 1. The van der Waals surface area contributed by atoms with Gasteiger partial charge in [-0.05, 0) is 31.5 Å². The average molecular weight is 229 g/mol. The first-order chi connectivity index (χ1) is 8.13. The quantitative estimate of drug-likeness (QED) is 0.786. The lowest BCUT2D eigenvalue weighted by atomic mass is 10.2. The van der Waals surface area contributed by atoms with Crippen molar-refractivity contribution in [2.75, 3.05) is 12.1 Å². The standard InChI is InChI=1S/C13H15N3O/c1-9-5-4-6-11(7-9)16-13(17)12(8-14-3)10(2)15-16/h4-8,14H,1-3H3/b12-8-. The Morgan fingerprint density at radius 1 is 1.35 bits per heavy atom. The molecule has 0 aliphatic carbocycles. The van der Waals surface area contributed by atoms with E-state index in [1.807, 2.05) is 38.1 Å². The molecule has 0 fully saturated rings. The summed E-state index contributed by atoms with van der Waals surface area (Å²) in [6, 6.07) is 7.73. The van der Waals surface area contributed by atoms with Crippen LogP contribution < -0.4 is 10.3 Å². The van der Waals surface area contributed by atoms with Crippen LogP contribution in [0.1, 0.15) is 12.5 Å². The first kappa shape index (κ1) is 11.4. The van der Waals surface area contributed by atoms with Crippen LogP contribution in [0.2, 0.25) is 0 Å². The lowest BCUT2D eigenvalue weighted by molar-refractivity contribution is -0.114. The van der Waals surface area contributed by atoms with Gasteiger partial charge in [0.1, 0.15) is 0 Å². The first-order valence-electron chi connectivity index (χ1n) is 5.47. The van der Waals surface area contributed by atoms with Crippen molar-refractivity contribution < 1.29 is 4.79 Å². The van der Waals surface area contributed by atoms with Crippen molar-refractivity contribution in [2.45, 2.75) is 13.8 Å². The van der Waals surface area contributed by atoms with E-state index in [1.165, 1.54) is 5.01 Å². The number of nitrogens with zero attached hydrogens (tertiary/aromatic N) is 2. The van der Waals surface area contributed by atoms with E-state index in [0.29, 0.717) is 5.57 Å². The molecule has 0 saturated carbocycles. The molecule has 88 valence electrons. The van der Waals surface area contributed by atoms with E-state index in [4.69, 9.17) is 0 Å². The lowest BCUT2D eigenvalue weighted by Crippen LogP contribution is -2.22. The highest BCUT2D eigenvalue weighted by atomic mass is 16.2. The smallest absolute Gasteiger partial charge is 0.282 e. The van der Waals surface area contributed by atoms with Gasteiger partial charge in [-0.3, -0.25) is 4.79 Å². The number of rotatable bonds is 2. The summed E-state index contributed by atoms with van der Waals surface area (Å²) in [7, 11) is 1.77. The Kier molecular flexibility index (Phi) is 2.95. The van der Waals surface area contributed by atoms with Crippen LogP contribution in [0.5, 0.6) is 0 Å². The SMILES string of the molecule is CN/C=C1\C(=O)N(c2cccc(C)c2)N=C1C. The van der Waals surface area contributed by atoms with Crippen LogP contribution in [0, 0.1) is 6.92 Å². The molecule has 0 bridgehead atoms. The summed E-state index contributed by atoms with van der Waals surface area (Å²) in [5, 5.41) is 8.57. The van der Waals surface area contributed by atoms with Crippen molar-refractivity contribution >= 4 is 17.3 Å². The molecule has 2 rings (SSSR count). The van der Waals surface area contributed by atoms with Gasteiger partial charge in [0.05, 0.1) is 17.0 Å². The van der Waals surface area contributed by atoms with Crippen molar-refractivity contribution in [2.24, 2.45) is 5.10 Å². The van der Waals surface area contributed by atoms with Gasteiger partial charge in [-0.25, -0.2) is 0 Å². The molecule has 1 amide bonds. The number of carbonyl (C=O) groups is 1. The summed E-state index contributed by atoms with van der Waals surface area (Å²) in [4.78, 5) is 12.1. The van der Waals surface area contributed by atoms with Crippen molar-refractivity contribution in [3.63, 3.8) is 0 Å². The Morgan fingerprint density at radius 3 is 2.76 bits per heavy atom. The van der Waals surface area contributed by atoms with Crippen molar-refractivity contribution in [1.29, 1.82) is 0 Å². The van der Waals surface area contributed by atoms with Crippen molar-refractivity contribution in [3.8, 4) is 0 Å². The summed E-state index contributed by atoms with van der Waals surface area (Å²) < 4.78 is 0. The molecule has 1 aromatic carbocycles. The van der Waals surface area contributed by atoms with Crippen molar-refractivity contribution in [1.82, 2.24) is 5.32 Å². The third kappa shape index (κ3) is 2.06. The molecule has 0 aromatic heterocycles. The Hall–Kier alpha value is -2.10. The van der Waals surface area contributed by atoms with E-state index in [2.05, 4.69) is 10.4 Å². The maximum Gasteiger partial charge on any atom is 0.282 e. The number of hydrogen-bond acceptors (Lipinski definition) is 3. The molecule has 0 radical (unpaired) electrons. The van der Waals surface area contributed by atoms with E-state index < -0.39 is 0 Å². The predicted octanol–water partition coefficient (Wildman–Crippen LogP) is 1.82. The fourth-order valence-corrected chi connectivity index (χ4v) is 1.76. The van der Waals surface area contributed by atoms with E-state index in [9.17, 15) is 4.79 Å². The van der Waals surface area contributed by atoms with Gasteiger partial charge in [0.25, 0.3) is 5.91 Å². The number of hydrogen-bond donors (Lipinski definition) is 1. The number of hydrazone groups is 1. The summed E-state index contributed by atoms with van der Waals surface area (Å²) in [5.74, 6) is -0.0950. The molecule has 1 heterocycles. The maximum atomic E-state index is 12.1. The monoisotopic (exact) mass is 229 g/mol. The molecule has 0 atom stereocenters. The molecule has 0 spiro atoms. The van der Waals surface area contributed by atoms with E-state index in [-0.39, 0.29) is 5.91 Å². The minimum absolute atomic E-state index is 0.0950. The zero-order valence-electron chi connectivity index (χ0n) is 10.2. The predicted molar refractivity (Wildman–Crippen MR) is 68.9 cm³/mol. The molecule has 1 N–H and O–H groups in total. The molecule has 4 heteroatoms. The van der Waals surface area contributed by atoms with Crippen LogP contribution >= 0.6 is 0 Å². The molecule has 1 aromatic rings. The second-order valence-electron chi connectivity index (χ2n) is 3.99. The second kappa shape index (κ2) is 4.41. The largest absolute Gasteiger partial charge is 0.393 e. The fraction of sp³-hybridized carbons (Fsp3) is 0.231. The summed E-state index contributed by atoms with van der Waals surface area (Å²) in [5.41, 5.74) is 3.24. The van der Waals surface area contributed by atoms with E-state index in [0.717, 1.165) is 17.0 Å². The van der Waals surface area contributed by atoms with Crippen LogP contribution in [-0.2, 0) is 4.79 Å². The zero-order valence-corrected chi connectivity index (χ0v) is 10.2. The number of anilines is 1. The van der Waals surface area contributed by atoms with Gasteiger partial charge in [-0.15, -0.1) is 0 Å². The number of amides is 1. The summed E-state index contributed by atoms with van der Waals surface area (Å²) in [6.45, 7) is 3.82. The number of benzene rings is 1. The normalized spacial score (nSPS) is 17.6. The van der Waals surface area contributed by atoms with Gasteiger partial charge >= 0.3 is 0 Å². The average Bonchev–Trinajstić information content (AvgIpc) is 2.57. The van der Waals surface area contributed by atoms with Gasteiger partial charge in [0.15, 0.2) is 0 Å². The summed E-state index contributed by atoms with van der Waals surface area (Å²) in [6.07, 6.45) is 1.68. The Bertz CT molecular complexity index is 517. The van der Waals surface area contributed by atoms with Crippen LogP contribution in [-0.4, -0.2) is 18.7 Å². The van der Waals surface area contributed by atoms with E-state index in [1.54, 1.807) is 13.2 Å². The minimum Gasteiger partial charge on any atom is -0.393 e. The van der Waals surface area contributed by atoms with Crippen LogP contribution in [0.15, 0.2) is 41.1 Å². The van der Waals surface area contributed by atoms with E-state index >= 15 is 0 Å². The van der Waals surface area contributed by atoms with Crippen LogP contribution in [0.4, 0.5) is 5.69 Å². The second-order valence-corrected chi connectivity index (χ2v) is 3.99. The molecule has 0 unspecified atom stereocenters. The molecule has 0 saturated heterocycles. The Labute approximate surface area is 101 Å². The highest BCUT2D eigenvalue weighted by Gasteiger charge is 2.28. The first-order valence-corrected chi connectivity index (χ1v) is 5.47. The molecule has 4 nitrogen and oxygen atoms in total. The number of nitrogens with one attached hydrogen (secondary N) is 1. The zero-order chi connectivity index (χ0) is 12.4. The lowest BCUT2D eigenvalue weighted by Gasteiger charge is -2.12. The molecule has 1 aliphatic heterocycles. The van der Waals surface area contributed by atoms with Crippen LogP contribution in [0.3, 0.4) is 0 Å². The Balaban J connectivity index is 2.37. The van der Waals surface area contributed by atoms with Gasteiger partial charge in [-0.1, -0.05) is 12.1 Å². The minimum atomic E-state index is -0.0950. The topological polar surface area (TPSA) is 44.7 Å². The van der Waals surface area contributed by atoms with Gasteiger partial charge in [0, 0.05) is 13.2 Å². The van der Waals surface area contributed by atoms with Crippen molar-refractivity contribution in [3.05, 3.63) is 41.6 Å². The van der Waals surface area contributed by atoms with Gasteiger partial charge in [-0.2, -0.15) is 10.1 Å². The maximum absolute atomic E-state index is 12.1.